The highest BCUT2D eigenvalue weighted by molar-refractivity contribution is 9.09. The summed E-state index contributed by atoms with van der Waals surface area (Å²) < 4.78 is 20.6. The van der Waals surface area contributed by atoms with Crippen LogP contribution in [0.2, 0.25) is 0 Å². The van der Waals surface area contributed by atoms with Crippen molar-refractivity contribution < 1.29 is 33.3 Å². The fourth-order valence-electron chi connectivity index (χ4n) is 1.65. The molecule has 0 aromatic rings. The first-order chi connectivity index (χ1) is 9.63. The lowest BCUT2D eigenvalue weighted by Crippen LogP contribution is -2.46. The molecule has 2 unspecified atom stereocenters. The Balaban J connectivity index is 5.07. The first-order valence-corrected chi connectivity index (χ1v) is 7.32. The van der Waals surface area contributed by atoms with Gasteiger partial charge in [-0.15, -0.1) is 0 Å². The number of ether oxygens (including phenoxy) is 4. The third-order valence-corrected chi connectivity index (χ3v) is 2.52. The van der Waals surface area contributed by atoms with E-state index in [-0.39, 0.29) is 11.6 Å². The predicted octanol–water partition coefficient (Wildman–Crippen LogP) is 1.56. The van der Waals surface area contributed by atoms with Gasteiger partial charge in [-0.05, 0) is 13.8 Å². The Bertz CT molecular complexity index is 370. The number of carbonyl (C=O) groups excluding carboxylic acids is 3. The molecular formula is C13H21BrO7. The molecule has 0 radical (unpaired) electrons. The summed E-state index contributed by atoms with van der Waals surface area (Å²) in [5.74, 6) is -1.67. The molecule has 7 nitrogen and oxygen atoms in total. The topological polar surface area (TPSA) is 88.1 Å². The molecule has 0 amide bonds. The monoisotopic (exact) mass is 368 g/mol. The van der Waals surface area contributed by atoms with Gasteiger partial charge in [-0.1, -0.05) is 15.9 Å². The number of rotatable bonds is 8. The minimum absolute atomic E-state index is 0.225. The van der Waals surface area contributed by atoms with Crippen molar-refractivity contribution >= 4 is 33.8 Å². The van der Waals surface area contributed by atoms with Gasteiger partial charge in [-0.2, -0.15) is 0 Å². The Labute approximate surface area is 132 Å². The van der Waals surface area contributed by atoms with E-state index in [2.05, 4.69) is 15.9 Å². The van der Waals surface area contributed by atoms with Crippen LogP contribution in [-0.4, -0.2) is 47.8 Å². The molecule has 4 atom stereocenters. The average Bonchev–Trinajstić information content (AvgIpc) is 2.29. The van der Waals surface area contributed by atoms with Gasteiger partial charge in [0.1, 0.15) is 11.6 Å². The van der Waals surface area contributed by atoms with Crippen molar-refractivity contribution in [3.63, 3.8) is 0 Å². The summed E-state index contributed by atoms with van der Waals surface area (Å²) in [7, 11) is 0. The number of hydrogen-bond donors (Lipinski definition) is 0. The summed E-state index contributed by atoms with van der Waals surface area (Å²) in [6, 6.07) is 0. The maximum absolute atomic E-state index is 11.2. The molecule has 0 saturated carbocycles. The van der Waals surface area contributed by atoms with Crippen LogP contribution >= 0.6 is 15.9 Å². The number of carbonyl (C=O) groups is 3. The second kappa shape index (κ2) is 9.73. The lowest BCUT2D eigenvalue weighted by atomic mass is 10.1. The third kappa shape index (κ3) is 9.41. The molecule has 0 fully saturated rings. The molecule has 0 aromatic heterocycles. The molecule has 122 valence electrons. The van der Waals surface area contributed by atoms with Gasteiger partial charge in [0, 0.05) is 20.8 Å². The van der Waals surface area contributed by atoms with Crippen molar-refractivity contribution in [2.24, 2.45) is 0 Å². The molecule has 0 rings (SSSR count). The van der Waals surface area contributed by atoms with Gasteiger partial charge >= 0.3 is 17.9 Å². The van der Waals surface area contributed by atoms with Crippen molar-refractivity contribution in [1.29, 1.82) is 0 Å². The quantitative estimate of drug-likeness (QED) is 0.364. The normalized spacial score (nSPS) is 16.3. The molecule has 0 aromatic carbocycles. The number of esters is 3. The zero-order valence-corrected chi connectivity index (χ0v) is 14.3. The first-order valence-electron chi connectivity index (χ1n) is 6.40. The van der Waals surface area contributed by atoms with E-state index < -0.39 is 36.2 Å². The van der Waals surface area contributed by atoms with E-state index >= 15 is 0 Å². The zero-order chi connectivity index (χ0) is 16.6. The van der Waals surface area contributed by atoms with Gasteiger partial charge in [0.15, 0.2) is 12.2 Å². The van der Waals surface area contributed by atoms with Crippen molar-refractivity contribution in [2.75, 3.05) is 6.61 Å². The largest absolute Gasteiger partial charge is 0.462 e. The maximum Gasteiger partial charge on any atom is 0.303 e. The number of halogens is 1. The average molecular weight is 369 g/mol. The summed E-state index contributed by atoms with van der Waals surface area (Å²) in [6.45, 7) is 6.85. The summed E-state index contributed by atoms with van der Waals surface area (Å²) in [5.41, 5.74) is 0. The summed E-state index contributed by atoms with van der Waals surface area (Å²) in [6.07, 6.45) is -2.43. The van der Waals surface area contributed by atoms with Crippen LogP contribution in [-0.2, 0) is 33.3 Å². The van der Waals surface area contributed by atoms with Crippen LogP contribution in [0.3, 0.4) is 0 Å². The lowest BCUT2D eigenvalue weighted by molar-refractivity contribution is -0.185. The van der Waals surface area contributed by atoms with E-state index in [0.29, 0.717) is 0 Å². The predicted molar refractivity (Wildman–Crippen MR) is 76.7 cm³/mol. The summed E-state index contributed by atoms with van der Waals surface area (Å²) >= 11 is 3.22. The zero-order valence-electron chi connectivity index (χ0n) is 12.8. The fraction of sp³-hybridized carbons (Fsp3) is 0.769. The Kier molecular flexibility index (Phi) is 9.19. The van der Waals surface area contributed by atoms with E-state index in [1.807, 2.05) is 0 Å². The molecule has 21 heavy (non-hydrogen) atoms. The molecule has 0 saturated heterocycles. The molecule has 0 bridgehead atoms. The second-order valence-corrected chi connectivity index (χ2v) is 5.70. The molecule has 0 N–H and O–H groups in total. The van der Waals surface area contributed by atoms with Crippen LogP contribution in [0.1, 0.15) is 34.6 Å². The number of hydrogen-bond acceptors (Lipinski definition) is 7. The minimum Gasteiger partial charge on any atom is -0.462 e. The summed E-state index contributed by atoms with van der Waals surface area (Å²) in [4.78, 5) is 33.3. The van der Waals surface area contributed by atoms with Gasteiger partial charge in [-0.3, -0.25) is 14.4 Å². The van der Waals surface area contributed by atoms with Crippen LogP contribution < -0.4 is 0 Å². The fourth-order valence-corrected chi connectivity index (χ4v) is 1.99. The van der Waals surface area contributed by atoms with Crippen molar-refractivity contribution in [3.8, 4) is 0 Å². The van der Waals surface area contributed by atoms with E-state index in [1.165, 1.54) is 20.8 Å². The van der Waals surface area contributed by atoms with Gasteiger partial charge < -0.3 is 18.9 Å². The smallest absolute Gasteiger partial charge is 0.303 e. The highest BCUT2D eigenvalue weighted by Gasteiger charge is 2.34. The van der Waals surface area contributed by atoms with Crippen LogP contribution in [0.25, 0.3) is 0 Å². The van der Waals surface area contributed by atoms with E-state index in [4.69, 9.17) is 18.9 Å². The highest BCUT2D eigenvalue weighted by Crippen LogP contribution is 2.17. The molecule has 8 heteroatoms. The van der Waals surface area contributed by atoms with Crippen LogP contribution in [0.5, 0.6) is 0 Å². The van der Waals surface area contributed by atoms with Gasteiger partial charge in [0.25, 0.3) is 0 Å². The van der Waals surface area contributed by atoms with Crippen LogP contribution in [0.4, 0.5) is 0 Å². The SMILES string of the molecule is CC(=O)OC[C@@H](OC(C)=O)C(OC(C)=O)C(C)O[C@H](C)Br. The Morgan fingerprint density at radius 1 is 0.952 bits per heavy atom. The lowest BCUT2D eigenvalue weighted by Gasteiger charge is -2.30. The van der Waals surface area contributed by atoms with Crippen molar-refractivity contribution in [2.45, 2.75) is 57.9 Å². The van der Waals surface area contributed by atoms with Crippen LogP contribution in [0, 0.1) is 0 Å². The van der Waals surface area contributed by atoms with E-state index in [0.717, 1.165) is 0 Å². The Morgan fingerprint density at radius 3 is 1.86 bits per heavy atom. The molecule has 0 aliphatic heterocycles. The van der Waals surface area contributed by atoms with Gasteiger partial charge in [0.05, 0.1) is 6.10 Å². The molecule has 0 spiro atoms. The minimum atomic E-state index is -0.948. The first kappa shape index (κ1) is 19.9. The Morgan fingerprint density at radius 2 is 1.48 bits per heavy atom. The summed E-state index contributed by atoms with van der Waals surface area (Å²) in [5, 5.41) is -0.294. The van der Waals surface area contributed by atoms with Gasteiger partial charge in [0.2, 0.25) is 0 Å². The van der Waals surface area contributed by atoms with Crippen molar-refractivity contribution in [3.05, 3.63) is 0 Å². The molecular weight excluding hydrogens is 348 g/mol. The second-order valence-electron chi connectivity index (χ2n) is 4.41. The molecule has 0 heterocycles. The Hall–Kier alpha value is -1.15. The number of alkyl halides is 1. The standard InChI is InChI=1S/C13H21BrO7/c1-7(19-8(2)14)13(21-11(5)17)12(20-10(4)16)6-18-9(3)15/h7-8,12-13H,6H2,1-5H3/t7?,8-,12-,13?/m1/s1. The molecule has 0 aliphatic rings. The third-order valence-electron chi connectivity index (χ3n) is 2.30. The maximum atomic E-state index is 11.2. The highest BCUT2D eigenvalue weighted by atomic mass is 79.9. The van der Waals surface area contributed by atoms with Crippen molar-refractivity contribution in [1.82, 2.24) is 0 Å². The van der Waals surface area contributed by atoms with E-state index in [9.17, 15) is 14.4 Å². The van der Waals surface area contributed by atoms with E-state index in [1.54, 1.807) is 13.8 Å². The molecule has 0 aliphatic carbocycles. The van der Waals surface area contributed by atoms with Crippen LogP contribution in [0.15, 0.2) is 0 Å². The van der Waals surface area contributed by atoms with Gasteiger partial charge in [-0.25, -0.2) is 0 Å².